The summed E-state index contributed by atoms with van der Waals surface area (Å²) in [6.45, 7) is 1.62. The molecular formula is C35H38N8O2. The number of H-pyrrole nitrogens is 2. The van der Waals surface area contributed by atoms with Crippen molar-refractivity contribution in [2.75, 3.05) is 44.9 Å². The molecule has 2 aromatic heterocycles. The van der Waals surface area contributed by atoms with Gasteiger partial charge < -0.3 is 30.4 Å². The Morgan fingerprint density at radius 1 is 0.822 bits per heavy atom. The van der Waals surface area contributed by atoms with Crippen molar-refractivity contribution in [3.63, 3.8) is 0 Å². The summed E-state index contributed by atoms with van der Waals surface area (Å²) in [7, 11) is 5.74. The van der Waals surface area contributed by atoms with E-state index in [0.29, 0.717) is 18.7 Å². The Hall–Kier alpha value is -5.40. The summed E-state index contributed by atoms with van der Waals surface area (Å²) in [4.78, 5) is 44.8. The van der Waals surface area contributed by atoms with E-state index in [1.54, 1.807) is 11.1 Å². The number of anilines is 2. The normalized spacial score (nSPS) is 11.4. The molecule has 0 atom stereocenters. The van der Waals surface area contributed by atoms with Crippen LogP contribution < -0.4 is 10.6 Å². The molecule has 0 fully saturated rings. The third kappa shape index (κ3) is 8.37. The van der Waals surface area contributed by atoms with Gasteiger partial charge in [-0.25, -0.2) is 9.97 Å². The number of nitrogens with zero attached hydrogens (tertiary/aromatic N) is 4. The molecular weight excluding hydrogens is 564 g/mol. The minimum absolute atomic E-state index is 0.0242. The molecule has 0 bridgehead atoms. The van der Waals surface area contributed by atoms with Gasteiger partial charge in [-0.05, 0) is 62.8 Å². The minimum Gasteiger partial charge on any atom is -0.383 e. The molecule has 0 radical (unpaired) electrons. The van der Waals surface area contributed by atoms with E-state index in [2.05, 4.69) is 31.4 Å². The molecule has 45 heavy (non-hydrogen) atoms. The smallest absolute Gasteiger partial charge is 0.249 e. The number of rotatable bonds is 13. The van der Waals surface area contributed by atoms with E-state index in [-0.39, 0.29) is 11.8 Å². The molecule has 0 unspecified atom stereocenters. The molecule has 0 aliphatic heterocycles. The van der Waals surface area contributed by atoms with Crippen LogP contribution in [-0.2, 0) is 9.59 Å². The third-order valence-electron chi connectivity index (χ3n) is 7.30. The van der Waals surface area contributed by atoms with Crippen molar-refractivity contribution >= 4 is 45.3 Å². The largest absolute Gasteiger partial charge is 0.383 e. The second-order valence-corrected chi connectivity index (χ2v) is 11.2. The third-order valence-corrected chi connectivity index (χ3v) is 7.30. The van der Waals surface area contributed by atoms with Crippen LogP contribution in [0.5, 0.6) is 0 Å². The number of imidazole rings is 2. The Morgan fingerprint density at radius 3 is 1.96 bits per heavy atom. The fourth-order valence-electron chi connectivity index (χ4n) is 4.87. The van der Waals surface area contributed by atoms with Gasteiger partial charge in [-0.1, -0.05) is 24.3 Å². The maximum absolute atomic E-state index is 12.5. The molecule has 0 aliphatic rings. The Labute approximate surface area is 262 Å². The molecule has 10 heteroatoms. The Balaban J connectivity index is 1.21. The zero-order valence-electron chi connectivity index (χ0n) is 25.9. The van der Waals surface area contributed by atoms with Crippen LogP contribution in [0.4, 0.5) is 11.4 Å². The first-order valence-corrected chi connectivity index (χ1v) is 15.0. The number of terminal acetylenes is 1. The first-order valence-electron chi connectivity index (χ1n) is 15.0. The number of unbranched alkanes of at least 4 members (excludes halogenated alkanes) is 2. The van der Waals surface area contributed by atoms with Crippen molar-refractivity contribution in [3.05, 3.63) is 72.9 Å². The lowest BCUT2D eigenvalue weighted by Crippen LogP contribution is -2.25. The van der Waals surface area contributed by atoms with Gasteiger partial charge in [0.1, 0.15) is 11.6 Å². The van der Waals surface area contributed by atoms with E-state index in [0.717, 1.165) is 76.3 Å². The number of nitrogens with one attached hydrogen (secondary N) is 4. The van der Waals surface area contributed by atoms with E-state index in [9.17, 15) is 9.59 Å². The van der Waals surface area contributed by atoms with E-state index >= 15 is 0 Å². The molecule has 2 amide bonds. The average molecular weight is 603 g/mol. The van der Waals surface area contributed by atoms with Gasteiger partial charge in [-0.2, -0.15) is 0 Å². The lowest BCUT2D eigenvalue weighted by molar-refractivity contribution is -0.116. The highest BCUT2D eigenvalue weighted by Crippen LogP contribution is 2.27. The van der Waals surface area contributed by atoms with Crippen molar-refractivity contribution in [2.24, 2.45) is 0 Å². The van der Waals surface area contributed by atoms with Crippen molar-refractivity contribution in [3.8, 4) is 35.1 Å². The highest BCUT2D eigenvalue weighted by atomic mass is 16.2. The van der Waals surface area contributed by atoms with Crippen LogP contribution in [-0.4, -0.2) is 75.8 Å². The molecule has 3 aromatic carbocycles. The topological polar surface area (TPSA) is 122 Å². The predicted octanol–water partition coefficient (Wildman–Crippen LogP) is 5.85. The van der Waals surface area contributed by atoms with E-state index < -0.39 is 0 Å². The maximum atomic E-state index is 12.5. The number of hydrogen-bond donors (Lipinski definition) is 4. The predicted molar refractivity (Wildman–Crippen MR) is 182 cm³/mol. The van der Waals surface area contributed by atoms with Crippen molar-refractivity contribution in [1.29, 1.82) is 0 Å². The zero-order chi connectivity index (χ0) is 31.8. The molecule has 0 aliphatic carbocycles. The summed E-state index contributed by atoms with van der Waals surface area (Å²) in [5, 5.41) is 5.87. The van der Waals surface area contributed by atoms with Gasteiger partial charge in [0.2, 0.25) is 11.8 Å². The number of fused-ring (bicyclic) bond motifs is 2. The Kier molecular flexibility index (Phi) is 9.92. The number of amides is 2. The van der Waals surface area contributed by atoms with Gasteiger partial charge in [0.15, 0.2) is 0 Å². The number of benzene rings is 3. The molecule has 0 spiro atoms. The van der Waals surface area contributed by atoms with E-state index in [4.69, 9.17) is 16.4 Å². The standard InChI is InChI=1S/C35H38N8O2/c1-5-6-7-8-19-43(4)21-18-33(45)37-27-14-16-29-31(23-27)41-35(39-29)25-11-9-24(10-12-25)34-38-28-15-13-26(22-30(28)40-34)36-32(44)17-20-42(2)3/h1,9-17,20,22-23H,6-8,18-19,21H2,2-4H3,(H,36,44)(H,37,45)(H,38,40)(H,39,41). The quantitative estimate of drug-likeness (QED) is 0.0762. The number of carbonyl (C=O) groups excluding carboxylic acids is 2. The van der Waals surface area contributed by atoms with Crippen LogP contribution >= 0.6 is 0 Å². The maximum Gasteiger partial charge on any atom is 0.249 e. The minimum atomic E-state index is -0.202. The van der Waals surface area contributed by atoms with Crippen molar-refractivity contribution in [2.45, 2.75) is 25.7 Å². The van der Waals surface area contributed by atoms with E-state index in [1.165, 1.54) is 6.08 Å². The summed E-state index contributed by atoms with van der Waals surface area (Å²) >= 11 is 0. The van der Waals surface area contributed by atoms with Gasteiger partial charge >= 0.3 is 0 Å². The lowest BCUT2D eigenvalue weighted by Gasteiger charge is -2.15. The SMILES string of the molecule is C#CCCCCN(C)CCC(=O)Nc1ccc2nc(-c3ccc(-c4nc5ccc(NC(=O)C=CN(C)C)cc5[nH]4)cc3)[nH]c2c1. The van der Waals surface area contributed by atoms with E-state index in [1.807, 2.05) is 81.8 Å². The van der Waals surface area contributed by atoms with Gasteiger partial charge in [-0.15, -0.1) is 12.3 Å². The summed E-state index contributed by atoms with van der Waals surface area (Å²) in [6, 6.07) is 19.2. The molecule has 5 aromatic rings. The van der Waals surface area contributed by atoms with Crippen molar-refractivity contribution in [1.82, 2.24) is 29.7 Å². The molecule has 2 heterocycles. The fourth-order valence-corrected chi connectivity index (χ4v) is 4.87. The van der Waals surface area contributed by atoms with Crippen LogP contribution in [0.25, 0.3) is 44.8 Å². The summed E-state index contributed by atoms with van der Waals surface area (Å²) < 4.78 is 0. The van der Waals surface area contributed by atoms with Crippen LogP contribution in [0.1, 0.15) is 25.7 Å². The number of hydrogen-bond acceptors (Lipinski definition) is 6. The monoisotopic (exact) mass is 602 g/mol. The van der Waals surface area contributed by atoms with Crippen LogP contribution in [0.2, 0.25) is 0 Å². The number of carbonyl (C=O) groups is 2. The van der Waals surface area contributed by atoms with Crippen LogP contribution in [0, 0.1) is 12.3 Å². The second-order valence-electron chi connectivity index (χ2n) is 11.2. The zero-order valence-corrected chi connectivity index (χ0v) is 25.9. The fraction of sp³-hybridized carbons (Fsp3) is 0.257. The second kappa shape index (κ2) is 14.4. The van der Waals surface area contributed by atoms with Gasteiger partial charge in [0, 0.05) is 68.3 Å². The van der Waals surface area contributed by atoms with Crippen LogP contribution in [0.3, 0.4) is 0 Å². The molecule has 10 nitrogen and oxygen atoms in total. The summed E-state index contributed by atoms with van der Waals surface area (Å²) in [5.74, 6) is 3.90. The first kappa shape index (κ1) is 31.0. The molecule has 0 saturated heterocycles. The summed E-state index contributed by atoms with van der Waals surface area (Å²) in [6.07, 6.45) is 11.7. The first-order chi connectivity index (χ1) is 21.8. The Bertz CT molecular complexity index is 1860. The molecule has 0 saturated carbocycles. The Morgan fingerprint density at radius 2 is 1.40 bits per heavy atom. The highest BCUT2D eigenvalue weighted by molar-refractivity contribution is 6.00. The van der Waals surface area contributed by atoms with Crippen LogP contribution in [0.15, 0.2) is 72.9 Å². The molecule has 4 N–H and O–H groups in total. The number of aromatic nitrogens is 4. The molecule has 5 rings (SSSR count). The highest BCUT2D eigenvalue weighted by Gasteiger charge is 2.11. The average Bonchev–Trinajstić information content (AvgIpc) is 3.65. The number of aromatic amines is 2. The lowest BCUT2D eigenvalue weighted by atomic mass is 10.1. The summed E-state index contributed by atoms with van der Waals surface area (Å²) in [5.41, 5.74) is 6.56. The molecule has 230 valence electrons. The van der Waals surface area contributed by atoms with Gasteiger partial charge in [0.25, 0.3) is 0 Å². The van der Waals surface area contributed by atoms with Crippen molar-refractivity contribution < 1.29 is 9.59 Å². The van der Waals surface area contributed by atoms with Gasteiger partial charge in [-0.3, -0.25) is 9.59 Å². The van der Waals surface area contributed by atoms with Gasteiger partial charge in [0.05, 0.1) is 22.1 Å².